The number of halogens is 2. The Hall–Kier alpha value is -2.84. The number of carbonyl (C=O) groups excluding carboxylic acids is 1. The minimum Gasteiger partial charge on any atom is -0.474 e. The number of aromatic nitrogens is 4. The van der Waals surface area contributed by atoms with Crippen molar-refractivity contribution in [3.05, 3.63) is 63.8 Å². The van der Waals surface area contributed by atoms with E-state index in [0.717, 1.165) is 42.8 Å². The number of nitrogens with zero attached hydrogens (tertiary/aromatic N) is 5. The highest BCUT2D eigenvalue weighted by atomic mass is 35.5. The zero-order chi connectivity index (χ0) is 25.4. The van der Waals surface area contributed by atoms with Gasteiger partial charge in [-0.05, 0) is 76.3 Å². The van der Waals surface area contributed by atoms with E-state index in [4.69, 9.17) is 32.7 Å². The van der Waals surface area contributed by atoms with E-state index in [-0.39, 0.29) is 12.0 Å². The number of fused-ring (bicyclic) bond motifs is 3. The van der Waals surface area contributed by atoms with Crippen LogP contribution in [0.5, 0.6) is 5.88 Å². The van der Waals surface area contributed by atoms with E-state index in [9.17, 15) is 4.79 Å². The Morgan fingerprint density at radius 1 is 1.03 bits per heavy atom. The van der Waals surface area contributed by atoms with Crippen LogP contribution in [0.4, 0.5) is 4.79 Å². The molecular weight excluding hydrogens is 501 g/mol. The average molecular weight is 530 g/mol. The van der Waals surface area contributed by atoms with Gasteiger partial charge in [0, 0.05) is 17.0 Å². The van der Waals surface area contributed by atoms with Crippen molar-refractivity contribution in [2.45, 2.75) is 77.2 Å². The van der Waals surface area contributed by atoms with Gasteiger partial charge in [-0.3, -0.25) is 9.47 Å². The molecule has 0 bridgehead atoms. The van der Waals surface area contributed by atoms with Gasteiger partial charge in [-0.1, -0.05) is 29.3 Å². The summed E-state index contributed by atoms with van der Waals surface area (Å²) in [5, 5.41) is 10.2. The first-order valence-electron chi connectivity index (χ1n) is 12.2. The van der Waals surface area contributed by atoms with Gasteiger partial charge < -0.3 is 9.47 Å². The zero-order valence-electron chi connectivity index (χ0n) is 20.6. The molecule has 1 fully saturated rings. The van der Waals surface area contributed by atoms with Crippen LogP contribution in [0.15, 0.2) is 36.4 Å². The van der Waals surface area contributed by atoms with Crippen molar-refractivity contribution in [2.75, 3.05) is 0 Å². The van der Waals surface area contributed by atoms with Crippen LogP contribution in [-0.2, 0) is 17.8 Å². The summed E-state index contributed by atoms with van der Waals surface area (Å²) in [7, 11) is 0. The molecule has 1 aliphatic carbocycles. The van der Waals surface area contributed by atoms with Crippen LogP contribution in [0.25, 0.3) is 5.69 Å². The van der Waals surface area contributed by atoms with E-state index < -0.39 is 11.7 Å². The molecule has 2 aliphatic rings. The Balaban J connectivity index is 1.38. The number of hydrogen-bond acceptors (Lipinski definition) is 6. The molecule has 1 amide bonds. The maximum atomic E-state index is 13.0. The zero-order valence-corrected chi connectivity index (χ0v) is 22.1. The van der Waals surface area contributed by atoms with Crippen LogP contribution in [0, 0.1) is 0 Å². The summed E-state index contributed by atoms with van der Waals surface area (Å²) in [4.78, 5) is 18.9. The van der Waals surface area contributed by atoms with Crippen molar-refractivity contribution >= 4 is 29.3 Å². The highest BCUT2D eigenvalue weighted by Gasteiger charge is 2.33. The minimum atomic E-state index is -0.597. The Kier molecular flexibility index (Phi) is 6.83. The maximum Gasteiger partial charge on any atom is 0.411 e. The Morgan fingerprint density at radius 3 is 2.53 bits per heavy atom. The third kappa shape index (κ3) is 5.44. The van der Waals surface area contributed by atoms with Crippen molar-refractivity contribution in [3.8, 4) is 11.6 Å². The van der Waals surface area contributed by atoms with Gasteiger partial charge in [0.05, 0.1) is 18.8 Å². The lowest BCUT2D eigenvalue weighted by atomic mass is 9.86. The monoisotopic (exact) mass is 529 g/mol. The van der Waals surface area contributed by atoms with Crippen LogP contribution in [0.1, 0.15) is 69.6 Å². The topological polar surface area (TPSA) is 82.4 Å². The van der Waals surface area contributed by atoms with Crippen molar-refractivity contribution < 1.29 is 14.3 Å². The number of ether oxygens (including phenoxy) is 2. The van der Waals surface area contributed by atoms with Crippen molar-refractivity contribution in [1.82, 2.24) is 24.6 Å². The third-order valence-corrected chi connectivity index (χ3v) is 6.84. The van der Waals surface area contributed by atoms with Gasteiger partial charge >= 0.3 is 6.09 Å². The summed E-state index contributed by atoms with van der Waals surface area (Å²) < 4.78 is 13.8. The summed E-state index contributed by atoms with van der Waals surface area (Å²) in [6, 6.07) is 11.1. The predicted octanol–water partition coefficient (Wildman–Crippen LogP) is 6.33. The molecule has 10 heteroatoms. The second kappa shape index (κ2) is 9.90. The molecule has 0 saturated heterocycles. The van der Waals surface area contributed by atoms with E-state index in [0.29, 0.717) is 35.0 Å². The fourth-order valence-corrected chi connectivity index (χ4v) is 5.16. The van der Waals surface area contributed by atoms with E-state index in [1.54, 1.807) is 11.0 Å². The average Bonchev–Trinajstić information content (AvgIpc) is 3.14. The van der Waals surface area contributed by atoms with Crippen molar-refractivity contribution in [1.29, 1.82) is 0 Å². The summed E-state index contributed by atoms with van der Waals surface area (Å²) in [5.74, 6) is 2.38. The summed E-state index contributed by atoms with van der Waals surface area (Å²) in [6.07, 6.45) is 3.24. The standard InChI is InChI=1S/C26H29Cl2N5O3/c1-26(2,3)36-25(34)32-14-17-13-18(27)9-12-20(17)33-22(15-32)30-31-24(33)16-7-10-19(11-8-16)35-23-6-4-5-21(28)29-23/h4-6,9,12-13,16,19H,7-8,10-11,14-15H2,1-3H3. The highest BCUT2D eigenvalue weighted by molar-refractivity contribution is 6.30. The van der Waals surface area contributed by atoms with E-state index in [1.807, 2.05) is 51.1 Å². The van der Waals surface area contributed by atoms with Crippen LogP contribution >= 0.6 is 23.2 Å². The first-order valence-corrected chi connectivity index (χ1v) is 12.9. The van der Waals surface area contributed by atoms with Crippen molar-refractivity contribution in [3.63, 3.8) is 0 Å². The fraction of sp³-hybridized carbons (Fsp3) is 0.462. The van der Waals surface area contributed by atoms with Crippen molar-refractivity contribution in [2.24, 2.45) is 0 Å². The lowest BCUT2D eigenvalue weighted by Gasteiger charge is -2.28. The first-order chi connectivity index (χ1) is 17.2. The molecule has 0 unspecified atom stereocenters. The molecule has 0 N–H and O–H groups in total. The van der Waals surface area contributed by atoms with Crippen LogP contribution in [-0.4, -0.2) is 42.4 Å². The predicted molar refractivity (Wildman–Crippen MR) is 137 cm³/mol. The SMILES string of the molecule is CC(C)(C)OC(=O)N1Cc2cc(Cl)ccc2-n2c(nnc2C2CCC(Oc3cccc(Cl)n3)CC2)C1. The molecule has 0 radical (unpaired) electrons. The molecule has 1 aliphatic heterocycles. The fourth-order valence-electron chi connectivity index (χ4n) is 4.81. The first kappa shape index (κ1) is 24.8. The van der Waals surface area contributed by atoms with E-state index in [2.05, 4.69) is 19.7 Å². The largest absolute Gasteiger partial charge is 0.474 e. The number of rotatable bonds is 3. The highest BCUT2D eigenvalue weighted by Crippen LogP contribution is 2.37. The van der Waals surface area contributed by atoms with Gasteiger partial charge in [-0.2, -0.15) is 0 Å². The molecule has 1 aromatic carbocycles. The van der Waals surface area contributed by atoms with Gasteiger partial charge in [0.2, 0.25) is 5.88 Å². The molecule has 190 valence electrons. The molecule has 2 aromatic heterocycles. The molecule has 3 heterocycles. The molecule has 1 saturated carbocycles. The molecule has 0 atom stereocenters. The summed E-state index contributed by atoms with van der Waals surface area (Å²) in [6.45, 7) is 6.25. The van der Waals surface area contributed by atoms with Crippen LogP contribution < -0.4 is 4.74 Å². The van der Waals surface area contributed by atoms with Gasteiger partial charge in [0.25, 0.3) is 0 Å². The van der Waals surface area contributed by atoms with Gasteiger partial charge in [0.1, 0.15) is 22.7 Å². The van der Waals surface area contributed by atoms with E-state index in [1.165, 1.54) is 0 Å². The maximum absolute atomic E-state index is 13.0. The lowest BCUT2D eigenvalue weighted by molar-refractivity contribution is 0.0214. The number of hydrogen-bond donors (Lipinski definition) is 0. The Morgan fingerprint density at radius 2 is 1.81 bits per heavy atom. The molecule has 5 rings (SSSR count). The summed E-state index contributed by atoms with van der Waals surface area (Å²) in [5.41, 5.74) is 1.28. The van der Waals surface area contributed by atoms with Crippen LogP contribution in [0.3, 0.4) is 0 Å². The smallest absolute Gasteiger partial charge is 0.411 e. The molecule has 8 nitrogen and oxygen atoms in total. The normalized spacial score (nSPS) is 19.8. The Labute approximate surface area is 220 Å². The van der Waals surface area contributed by atoms with Crippen LogP contribution in [0.2, 0.25) is 10.2 Å². The van der Waals surface area contributed by atoms with Gasteiger partial charge in [-0.25, -0.2) is 9.78 Å². The number of carbonyl (C=O) groups is 1. The molecular formula is C26H29Cl2N5O3. The van der Waals surface area contributed by atoms with E-state index >= 15 is 0 Å². The molecule has 0 spiro atoms. The second-order valence-electron chi connectivity index (χ2n) is 10.3. The van der Waals surface area contributed by atoms with Gasteiger partial charge in [-0.15, -0.1) is 10.2 Å². The number of benzene rings is 1. The minimum absolute atomic E-state index is 0.0764. The van der Waals surface area contributed by atoms with Gasteiger partial charge in [0.15, 0.2) is 5.82 Å². The number of amides is 1. The molecule has 36 heavy (non-hydrogen) atoms. The Bertz CT molecular complexity index is 1260. The molecule has 3 aromatic rings. The number of pyridine rings is 1. The summed E-state index contributed by atoms with van der Waals surface area (Å²) >= 11 is 12.3. The second-order valence-corrected chi connectivity index (χ2v) is 11.1. The quantitative estimate of drug-likeness (QED) is 0.369. The third-order valence-electron chi connectivity index (χ3n) is 6.40. The lowest BCUT2D eigenvalue weighted by Crippen LogP contribution is -2.35.